The number of carbonyl (C=O) groups is 1. The molecule has 5 heteroatoms. The third kappa shape index (κ3) is 3.11. The van der Waals surface area contributed by atoms with Gasteiger partial charge in [-0.25, -0.2) is 9.97 Å². The van der Waals surface area contributed by atoms with E-state index in [1.807, 2.05) is 25.1 Å². The van der Waals surface area contributed by atoms with Crippen molar-refractivity contribution < 1.29 is 9.53 Å². The van der Waals surface area contributed by atoms with E-state index in [2.05, 4.69) is 21.4 Å². The van der Waals surface area contributed by atoms with Gasteiger partial charge in [-0.15, -0.1) is 0 Å². The predicted octanol–water partition coefficient (Wildman–Crippen LogP) is 2.64. The van der Waals surface area contributed by atoms with Gasteiger partial charge in [0.05, 0.1) is 17.9 Å². The number of nitrogens with zero attached hydrogens (tertiary/aromatic N) is 2. The lowest BCUT2D eigenvalue weighted by Gasteiger charge is -2.25. The third-order valence-electron chi connectivity index (χ3n) is 4.69. The van der Waals surface area contributed by atoms with Crippen LogP contribution in [-0.4, -0.2) is 29.0 Å². The highest BCUT2D eigenvalue weighted by atomic mass is 16.5. The molecule has 2 aliphatic rings. The Labute approximate surface area is 141 Å². The highest BCUT2D eigenvalue weighted by Gasteiger charge is 2.27. The summed E-state index contributed by atoms with van der Waals surface area (Å²) in [4.78, 5) is 21.3. The van der Waals surface area contributed by atoms with Crippen molar-refractivity contribution in [3.05, 3.63) is 53.1 Å². The lowest BCUT2D eigenvalue weighted by Crippen LogP contribution is -2.35. The van der Waals surface area contributed by atoms with Gasteiger partial charge in [0.2, 0.25) is 0 Å². The molecule has 124 valence electrons. The molecule has 24 heavy (non-hydrogen) atoms. The Balaban J connectivity index is 1.37. The van der Waals surface area contributed by atoms with Gasteiger partial charge in [0.25, 0.3) is 5.91 Å². The van der Waals surface area contributed by atoms with Gasteiger partial charge >= 0.3 is 0 Å². The van der Waals surface area contributed by atoms with E-state index < -0.39 is 0 Å². The lowest BCUT2D eigenvalue weighted by atomic mass is 9.96. The maximum atomic E-state index is 12.4. The summed E-state index contributed by atoms with van der Waals surface area (Å²) in [7, 11) is 0. The number of ether oxygens (including phenoxy) is 1. The summed E-state index contributed by atoms with van der Waals surface area (Å²) in [5.74, 6) is 2.52. The van der Waals surface area contributed by atoms with Gasteiger partial charge in [-0.1, -0.05) is 18.2 Å². The fourth-order valence-corrected chi connectivity index (χ4v) is 3.10. The van der Waals surface area contributed by atoms with Crippen LogP contribution in [0, 0.1) is 12.8 Å². The largest absolute Gasteiger partial charge is 0.493 e. The highest BCUT2D eigenvalue weighted by Crippen LogP contribution is 2.37. The number of hydrogen-bond acceptors (Lipinski definition) is 4. The minimum absolute atomic E-state index is 0.103. The summed E-state index contributed by atoms with van der Waals surface area (Å²) in [5.41, 5.74) is 2.53. The van der Waals surface area contributed by atoms with Crippen molar-refractivity contribution in [3.63, 3.8) is 0 Å². The van der Waals surface area contributed by atoms with Crippen LogP contribution < -0.4 is 10.1 Å². The van der Waals surface area contributed by atoms with Gasteiger partial charge < -0.3 is 10.1 Å². The Morgan fingerprint density at radius 3 is 2.96 bits per heavy atom. The molecule has 1 aromatic carbocycles. The molecule has 0 unspecified atom stereocenters. The molecule has 1 aromatic heterocycles. The SMILES string of the molecule is Cc1nc(C2CC2)ncc1C(=O)NC[C@H]1COc2ccccc2C1. The summed E-state index contributed by atoms with van der Waals surface area (Å²) in [6.07, 6.45) is 4.91. The molecule has 1 saturated carbocycles. The molecule has 1 atom stereocenters. The number of amides is 1. The molecule has 2 aromatic rings. The van der Waals surface area contributed by atoms with Crippen molar-refractivity contribution in [2.45, 2.75) is 32.1 Å². The number of benzene rings is 1. The number of hydrogen-bond donors (Lipinski definition) is 1. The number of aromatic nitrogens is 2. The summed E-state index contributed by atoms with van der Waals surface area (Å²) in [6, 6.07) is 8.07. The average Bonchev–Trinajstić information content (AvgIpc) is 3.44. The number of nitrogens with one attached hydrogen (secondary N) is 1. The van der Waals surface area contributed by atoms with Crippen LogP contribution in [0.25, 0.3) is 0 Å². The molecule has 1 fully saturated rings. The maximum absolute atomic E-state index is 12.4. The minimum atomic E-state index is -0.103. The molecular formula is C19H21N3O2. The molecule has 1 amide bonds. The molecule has 4 rings (SSSR count). The van der Waals surface area contributed by atoms with Crippen LogP contribution in [0.3, 0.4) is 0 Å². The van der Waals surface area contributed by atoms with E-state index in [1.54, 1.807) is 6.20 Å². The molecule has 5 nitrogen and oxygen atoms in total. The fraction of sp³-hybridized carbons (Fsp3) is 0.421. The molecule has 1 aliphatic heterocycles. The molecular weight excluding hydrogens is 302 g/mol. The van der Waals surface area contributed by atoms with Crippen molar-refractivity contribution in [3.8, 4) is 5.75 Å². The first kappa shape index (κ1) is 15.1. The van der Waals surface area contributed by atoms with Crippen LogP contribution in [0.15, 0.2) is 30.5 Å². The topological polar surface area (TPSA) is 64.1 Å². The van der Waals surface area contributed by atoms with Gasteiger partial charge in [-0.05, 0) is 37.8 Å². The molecule has 1 aliphatic carbocycles. The van der Waals surface area contributed by atoms with Crippen molar-refractivity contribution >= 4 is 5.91 Å². The van der Waals surface area contributed by atoms with Gasteiger partial charge in [-0.2, -0.15) is 0 Å². The Kier molecular flexibility index (Phi) is 3.92. The Hall–Kier alpha value is -2.43. The predicted molar refractivity (Wildman–Crippen MR) is 90.2 cm³/mol. The van der Waals surface area contributed by atoms with Gasteiger partial charge in [0.15, 0.2) is 0 Å². The molecule has 0 radical (unpaired) electrons. The van der Waals surface area contributed by atoms with Crippen LogP contribution in [0.4, 0.5) is 0 Å². The molecule has 1 N–H and O–H groups in total. The number of carbonyl (C=O) groups excluding carboxylic acids is 1. The van der Waals surface area contributed by atoms with E-state index in [9.17, 15) is 4.79 Å². The second kappa shape index (κ2) is 6.23. The van der Waals surface area contributed by atoms with Crippen LogP contribution in [0.2, 0.25) is 0 Å². The van der Waals surface area contributed by atoms with Crippen molar-refractivity contribution in [2.75, 3.05) is 13.2 Å². The Bertz CT molecular complexity index is 771. The highest BCUT2D eigenvalue weighted by molar-refractivity contribution is 5.94. The second-order valence-corrected chi connectivity index (χ2v) is 6.70. The number of aryl methyl sites for hydroxylation is 1. The smallest absolute Gasteiger partial charge is 0.254 e. The number of rotatable bonds is 4. The molecule has 0 bridgehead atoms. The summed E-state index contributed by atoms with van der Waals surface area (Å²) in [5, 5.41) is 3.01. The summed E-state index contributed by atoms with van der Waals surface area (Å²) in [6.45, 7) is 3.10. The van der Waals surface area contributed by atoms with Crippen LogP contribution in [0.1, 0.15) is 46.2 Å². The zero-order valence-corrected chi connectivity index (χ0v) is 13.8. The maximum Gasteiger partial charge on any atom is 0.254 e. The average molecular weight is 323 g/mol. The molecule has 2 heterocycles. The first-order valence-electron chi connectivity index (χ1n) is 8.53. The van der Waals surface area contributed by atoms with E-state index in [-0.39, 0.29) is 11.8 Å². The Morgan fingerprint density at radius 2 is 2.17 bits per heavy atom. The third-order valence-corrected chi connectivity index (χ3v) is 4.69. The summed E-state index contributed by atoms with van der Waals surface area (Å²) < 4.78 is 5.77. The normalized spacial score (nSPS) is 19.3. The Morgan fingerprint density at radius 1 is 1.33 bits per heavy atom. The standard InChI is InChI=1S/C19H21N3O2/c1-12-16(10-20-18(22-12)14-6-7-14)19(23)21-9-13-8-15-4-2-3-5-17(15)24-11-13/h2-5,10,13-14H,6-9,11H2,1H3,(H,21,23)/t13-/m0/s1. The minimum Gasteiger partial charge on any atom is -0.493 e. The second-order valence-electron chi connectivity index (χ2n) is 6.70. The molecule has 0 saturated heterocycles. The quantitative estimate of drug-likeness (QED) is 0.939. The van der Waals surface area contributed by atoms with Crippen LogP contribution >= 0.6 is 0 Å². The van der Waals surface area contributed by atoms with Gasteiger partial charge in [0, 0.05) is 24.6 Å². The van der Waals surface area contributed by atoms with Crippen molar-refractivity contribution in [1.29, 1.82) is 0 Å². The van der Waals surface area contributed by atoms with Crippen LogP contribution in [0.5, 0.6) is 5.75 Å². The van der Waals surface area contributed by atoms with E-state index >= 15 is 0 Å². The van der Waals surface area contributed by atoms with E-state index in [0.29, 0.717) is 24.6 Å². The monoisotopic (exact) mass is 323 g/mol. The zero-order chi connectivity index (χ0) is 16.5. The van der Waals surface area contributed by atoms with E-state index in [4.69, 9.17) is 4.74 Å². The van der Waals surface area contributed by atoms with E-state index in [1.165, 1.54) is 5.56 Å². The van der Waals surface area contributed by atoms with Gasteiger partial charge in [-0.3, -0.25) is 4.79 Å². The first-order chi connectivity index (χ1) is 11.7. The molecule has 0 spiro atoms. The fourth-order valence-electron chi connectivity index (χ4n) is 3.10. The number of para-hydroxylation sites is 1. The van der Waals surface area contributed by atoms with Crippen molar-refractivity contribution in [1.82, 2.24) is 15.3 Å². The number of fused-ring (bicyclic) bond motifs is 1. The van der Waals surface area contributed by atoms with E-state index in [0.717, 1.165) is 36.5 Å². The lowest BCUT2D eigenvalue weighted by molar-refractivity contribution is 0.0937. The van der Waals surface area contributed by atoms with Crippen molar-refractivity contribution in [2.24, 2.45) is 5.92 Å². The zero-order valence-electron chi connectivity index (χ0n) is 13.8. The van der Waals surface area contributed by atoms with Gasteiger partial charge in [0.1, 0.15) is 11.6 Å². The summed E-state index contributed by atoms with van der Waals surface area (Å²) >= 11 is 0. The van der Waals surface area contributed by atoms with Crippen LogP contribution in [-0.2, 0) is 6.42 Å². The first-order valence-corrected chi connectivity index (χ1v) is 8.53.